The van der Waals surface area contributed by atoms with Gasteiger partial charge in [0.15, 0.2) is 0 Å². The van der Waals surface area contributed by atoms with Crippen LogP contribution in [0.25, 0.3) is 0 Å². The average Bonchev–Trinajstić information content (AvgIpc) is 2.54. The van der Waals surface area contributed by atoms with Gasteiger partial charge in [-0.25, -0.2) is 9.59 Å². The van der Waals surface area contributed by atoms with Crippen molar-refractivity contribution < 1.29 is 19.4 Å². The number of hydrogen-bond acceptors (Lipinski definition) is 4. The number of carboxylic acids is 1. The van der Waals surface area contributed by atoms with E-state index in [0.717, 1.165) is 0 Å². The SMILES string of the molecule is CN(C)[C@]1(c2ccccc2)CC[C@@](NC(=O)OC(C)(C)C)(C(=O)O)CC1. The predicted molar refractivity (Wildman–Crippen MR) is 100 cm³/mol. The quantitative estimate of drug-likeness (QED) is 0.858. The molecule has 0 spiro atoms. The van der Waals surface area contributed by atoms with Crippen LogP contribution in [0.1, 0.15) is 52.0 Å². The van der Waals surface area contributed by atoms with Crippen LogP contribution >= 0.6 is 0 Å². The van der Waals surface area contributed by atoms with Crippen molar-refractivity contribution in [2.24, 2.45) is 0 Å². The fourth-order valence-electron chi connectivity index (χ4n) is 3.72. The minimum atomic E-state index is -1.30. The molecular formula is C20H30N2O4. The lowest BCUT2D eigenvalue weighted by Crippen LogP contribution is -2.60. The number of alkyl carbamates (subject to hydrolysis) is 1. The predicted octanol–water partition coefficient (Wildman–Crippen LogP) is 3.37. The number of aliphatic carboxylic acids is 1. The Kier molecular flexibility index (Phi) is 5.66. The Hall–Kier alpha value is -2.08. The van der Waals surface area contributed by atoms with Crippen LogP contribution in [-0.4, -0.2) is 47.3 Å². The fraction of sp³-hybridized carbons (Fsp3) is 0.600. The van der Waals surface area contributed by atoms with E-state index in [1.54, 1.807) is 20.8 Å². The zero-order valence-corrected chi connectivity index (χ0v) is 16.3. The molecule has 1 aliphatic rings. The topological polar surface area (TPSA) is 78.9 Å². The van der Waals surface area contributed by atoms with Crippen molar-refractivity contribution in [1.29, 1.82) is 0 Å². The van der Waals surface area contributed by atoms with Crippen molar-refractivity contribution >= 4 is 12.1 Å². The van der Waals surface area contributed by atoms with Crippen LogP contribution in [0.4, 0.5) is 4.79 Å². The molecule has 2 N–H and O–H groups in total. The number of rotatable bonds is 4. The minimum absolute atomic E-state index is 0.240. The number of ether oxygens (including phenoxy) is 1. The molecule has 1 fully saturated rings. The Morgan fingerprint density at radius 2 is 1.62 bits per heavy atom. The number of nitrogens with zero attached hydrogens (tertiary/aromatic N) is 1. The second-order valence-corrected chi connectivity index (χ2v) is 8.31. The molecule has 1 amide bonds. The highest BCUT2D eigenvalue weighted by Gasteiger charge is 2.50. The van der Waals surface area contributed by atoms with Gasteiger partial charge in [0, 0.05) is 5.54 Å². The lowest BCUT2D eigenvalue weighted by atomic mass is 9.68. The summed E-state index contributed by atoms with van der Waals surface area (Å²) in [6.45, 7) is 5.27. The van der Waals surface area contributed by atoms with Crippen LogP contribution in [0.2, 0.25) is 0 Å². The summed E-state index contributed by atoms with van der Waals surface area (Å²) < 4.78 is 5.28. The van der Waals surface area contributed by atoms with Gasteiger partial charge in [0.1, 0.15) is 11.1 Å². The van der Waals surface area contributed by atoms with E-state index in [1.807, 2.05) is 32.3 Å². The largest absolute Gasteiger partial charge is 0.480 e. The highest BCUT2D eigenvalue weighted by Crippen LogP contribution is 2.44. The first kappa shape index (κ1) is 20.2. The first-order chi connectivity index (χ1) is 12.0. The molecule has 0 heterocycles. The summed E-state index contributed by atoms with van der Waals surface area (Å²) in [6.07, 6.45) is 1.26. The van der Waals surface area contributed by atoms with Gasteiger partial charge in [0.05, 0.1) is 0 Å². The molecule has 6 heteroatoms. The van der Waals surface area contributed by atoms with E-state index in [-0.39, 0.29) is 5.54 Å². The summed E-state index contributed by atoms with van der Waals surface area (Å²) in [4.78, 5) is 26.4. The van der Waals surface area contributed by atoms with Gasteiger partial charge in [-0.2, -0.15) is 0 Å². The normalized spacial score (nSPS) is 26.4. The fourth-order valence-corrected chi connectivity index (χ4v) is 3.72. The van der Waals surface area contributed by atoms with Crippen LogP contribution in [-0.2, 0) is 15.1 Å². The maximum Gasteiger partial charge on any atom is 0.408 e. The lowest BCUT2D eigenvalue weighted by Gasteiger charge is -2.48. The van der Waals surface area contributed by atoms with Gasteiger partial charge in [-0.3, -0.25) is 4.90 Å². The molecule has 0 radical (unpaired) electrons. The number of carbonyl (C=O) groups excluding carboxylic acids is 1. The Morgan fingerprint density at radius 3 is 2.04 bits per heavy atom. The number of amides is 1. The zero-order chi connectivity index (χ0) is 19.6. The average molecular weight is 362 g/mol. The maximum atomic E-state index is 12.2. The van der Waals surface area contributed by atoms with Crippen molar-refractivity contribution in [3.8, 4) is 0 Å². The summed E-state index contributed by atoms with van der Waals surface area (Å²) in [7, 11) is 4.03. The maximum absolute atomic E-state index is 12.2. The highest BCUT2D eigenvalue weighted by molar-refractivity contribution is 5.84. The Labute approximate surface area is 155 Å². The Balaban J connectivity index is 2.23. The molecule has 1 aromatic carbocycles. The third kappa shape index (κ3) is 4.18. The van der Waals surface area contributed by atoms with Crippen LogP contribution in [0.3, 0.4) is 0 Å². The molecule has 0 atom stereocenters. The zero-order valence-electron chi connectivity index (χ0n) is 16.3. The smallest absolute Gasteiger partial charge is 0.408 e. The molecule has 1 aliphatic carbocycles. The van der Waals surface area contributed by atoms with Crippen LogP contribution < -0.4 is 5.32 Å². The molecule has 144 valence electrons. The van der Waals surface area contributed by atoms with E-state index in [4.69, 9.17) is 4.74 Å². The second kappa shape index (κ2) is 7.27. The van der Waals surface area contributed by atoms with Crippen molar-refractivity contribution in [3.05, 3.63) is 35.9 Å². The van der Waals surface area contributed by atoms with Crippen LogP contribution in [0.15, 0.2) is 30.3 Å². The highest BCUT2D eigenvalue weighted by atomic mass is 16.6. The number of carboxylic acid groups (broad SMARTS) is 1. The Bertz CT molecular complexity index is 642. The molecule has 0 unspecified atom stereocenters. The van der Waals surface area contributed by atoms with E-state index < -0.39 is 23.2 Å². The van der Waals surface area contributed by atoms with Gasteiger partial charge in [0.2, 0.25) is 0 Å². The molecule has 0 aromatic heterocycles. The minimum Gasteiger partial charge on any atom is -0.480 e. The van der Waals surface area contributed by atoms with Crippen molar-refractivity contribution in [1.82, 2.24) is 10.2 Å². The molecule has 0 saturated heterocycles. The summed E-state index contributed by atoms with van der Waals surface area (Å²) in [5, 5.41) is 12.5. The standard InChI is InChI=1S/C20H30N2O4/c1-18(2,3)26-17(25)21-19(16(23)24)11-13-20(14-12-19,22(4)5)15-9-7-6-8-10-15/h6-10H,11-14H2,1-5H3,(H,21,25)(H,23,24)/t19-,20+. The molecule has 2 rings (SSSR count). The second-order valence-electron chi connectivity index (χ2n) is 8.31. The molecule has 0 bridgehead atoms. The first-order valence-corrected chi connectivity index (χ1v) is 8.98. The monoisotopic (exact) mass is 362 g/mol. The molecule has 6 nitrogen and oxygen atoms in total. The Morgan fingerprint density at radius 1 is 1.08 bits per heavy atom. The summed E-state index contributed by atoms with van der Waals surface area (Å²) in [5.74, 6) is -1.01. The van der Waals surface area contributed by atoms with E-state index in [2.05, 4.69) is 22.3 Å². The molecule has 0 aliphatic heterocycles. The van der Waals surface area contributed by atoms with Gasteiger partial charge in [-0.1, -0.05) is 30.3 Å². The van der Waals surface area contributed by atoms with Gasteiger partial charge in [-0.15, -0.1) is 0 Å². The molecule has 26 heavy (non-hydrogen) atoms. The van der Waals surface area contributed by atoms with Gasteiger partial charge in [0.25, 0.3) is 0 Å². The number of carbonyl (C=O) groups is 2. The summed E-state index contributed by atoms with van der Waals surface area (Å²) in [5.41, 5.74) is -1.04. The van der Waals surface area contributed by atoms with Crippen molar-refractivity contribution in [2.45, 2.75) is 63.1 Å². The van der Waals surface area contributed by atoms with E-state index in [1.165, 1.54) is 5.56 Å². The van der Waals surface area contributed by atoms with Gasteiger partial charge >= 0.3 is 12.1 Å². The summed E-state index contributed by atoms with van der Waals surface area (Å²) >= 11 is 0. The number of benzene rings is 1. The van der Waals surface area contributed by atoms with Crippen molar-refractivity contribution in [2.75, 3.05) is 14.1 Å². The molecule has 1 saturated carbocycles. The molecular weight excluding hydrogens is 332 g/mol. The van der Waals surface area contributed by atoms with E-state index in [9.17, 15) is 14.7 Å². The van der Waals surface area contributed by atoms with Crippen molar-refractivity contribution in [3.63, 3.8) is 0 Å². The number of hydrogen-bond donors (Lipinski definition) is 2. The van der Waals surface area contributed by atoms with Gasteiger partial charge in [-0.05, 0) is 66.1 Å². The third-order valence-corrected chi connectivity index (χ3v) is 5.25. The van der Waals surface area contributed by atoms with E-state index >= 15 is 0 Å². The number of nitrogens with one attached hydrogen (secondary N) is 1. The lowest BCUT2D eigenvalue weighted by molar-refractivity contribution is -0.148. The third-order valence-electron chi connectivity index (χ3n) is 5.25. The summed E-state index contributed by atoms with van der Waals surface area (Å²) in [6, 6.07) is 10.1. The van der Waals surface area contributed by atoms with Crippen LogP contribution in [0.5, 0.6) is 0 Å². The van der Waals surface area contributed by atoms with E-state index in [0.29, 0.717) is 25.7 Å². The van der Waals surface area contributed by atoms with Gasteiger partial charge < -0.3 is 15.2 Å². The first-order valence-electron chi connectivity index (χ1n) is 8.98. The van der Waals surface area contributed by atoms with Crippen LogP contribution in [0, 0.1) is 0 Å². The molecule has 1 aromatic rings.